The van der Waals surface area contributed by atoms with E-state index in [0.717, 1.165) is 4.47 Å². The second-order valence-corrected chi connectivity index (χ2v) is 5.46. The number of rotatable bonds is 3. The van der Waals surface area contributed by atoms with Gasteiger partial charge in [0.15, 0.2) is 5.84 Å². The van der Waals surface area contributed by atoms with Crippen LogP contribution in [-0.2, 0) is 0 Å². The molecule has 5 nitrogen and oxygen atoms in total. The molecule has 2 rings (SSSR count). The van der Waals surface area contributed by atoms with Crippen LogP contribution in [0.5, 0.6) is 0 Å². The fourth-order valence-corrected chi connectivity index (χ4v) is 2.36. The van der Waals surface area contributed by atoms with Gasteiger partial charge in [-0.3, -0.25) is 4.79 Å². The summed E-state index contributed by atoms with van der Waals surface area (Å²) in [6.07, 6.45) is 0. The van der Waals surface area contributed by atoms with E-state index in [0.29, 0.717) is 21.8 Å². The van der Waals surface area contributed by atoms with Crippen LogP contribution in [0.1, 0.15) is 15.9 Å². The summed E-state index contributed by atoms with van der Waals surface area (Å²) >= 11 is 9.34. The van der Waals surface area contributed by atoms with Gasteiger partial charge < -0.3 is 16.3 Å². The Morgan fingerprint density at radius 3 is 2.38 bits per heavy atom. The number of carbonyl (C=O) groups excluding carboxylic acids is 1. The van der Waals surface area contributed by atoms with Gasteiger partial charge in [-0.25, -0.2) is 0 Å². The van der Waals surface area contributed by atoms with Crippen molar-refractivity contribution in [1.82, 2.24) is 0 Å². The largest absolute Gasteiger partial charge is 0.409 e. The molecule has 2 aromatic rings. The molecule has 0 aliphatic heterocycles. The molecule has 0 spiro atoms. The predicted octanol–water partition coefficient (Wildman–Crippen LogP) is 3.45. The van der Waals surface area contributed by atoms with Gasteiger partial charge in [0.25, 0.3) is 5.91 Å². The highest BCUT2D eigenvalue weighted by Gasteiger charge is 2.09. The number of carbonyl (C=O) groups is 1. The van der Waals surface area contributed by atoms with E-state index in [1.807, 2.05) is 0 Å². The van der Waals surface area contributed by atoms with Crippen molar-refractivity contribution in [3.63, 3.8) is 0 Å². The number of nitrogens with zero attached hydrogens (tertiary/aromatic N) is 1. The molecule has 0 heterocycles. The minimum atomic E-state index is -0.301. The molecular weight excluding hydrogens is 358 g/mol. The number of anilines is 1. The highest BCUT2D eigenvalue weighted by Crippen LogP contribution is 2.26. The second-order valence-electron chi connectivity index (χ2n) is 4.14. The van der Waals surface area contributed by atoms with Crippen LogP contribution >= 0.6 is 27.5 Å². The first-order chi connectivity index (χ1) is 10.0. The lowest BCUT2D eigenvalue weighted by molar-refractivity contribution is 0.102. The summed E-state index contributed by atoms with van der Waals surface area (Å²) in [6, 6.07) is 11.5. The lowest BCUT2D eigenvalue weighted by atomic mass is 10.1. The molecule has 0 radical (unpaired) electrons. The normalized spacial score (nSPS) is 11.2. The van der Waals surface area contributed by atoms with Gasteiger partial charge in [-0.1, -0.05) is 44.8 Å². The molecule has 0 unspecified atom stereocenters. The van der Waals surface area contributed by atoms with Gasteiger partial charge in [0.05, 0.1) is 10.7 Å². The SMILES string of the molecule is N/C(=N\O)c1ccc(C(=O)Nc2ccc(Br)cc2Cl)cc1. The van der Waals surface area contributed by atoms with E-state index >= 15 is 0 Å². The van der Waals surface area contributed by atoms with Gasteiger partial charge in [0.2, 0.25) is 0 Å². The lowest BCUT2D eigenvalue weighted by Gasteiger charge is -2.08. The Morgan fingerprint density at radius 1 is 1.19 bits per heavy atom. The van der Waals surface area contributed by atoms with Crippen molar-refractivity contribution in [2.45, 2.75) is 0 Å². The Bertz CT molecular complexity index is 702. The first kappa shape index (κ1) is 15.3. The number of halogens is 2. The lowest BCUT2D eigenvalue weighted by Crippen LogP contribution is -2.15. The molecule has 0 saturated carbocycles. The van der Waals surface area contributed by atoms with E-state index in [1.165, 1.54) is 0 Å². The standard InChI is InChI=1S/C14H11BrClN3O2/c15-10-5-6-12(11(16)7-10)18-14(20)9-3-1-8(2-4-9)13(17)19-21/h1-7,21H,(H2,17,19)(H,18,20). The van der Waals surface area contributed by atoms with Gasteiger partial charge in [0.1, 0.15) is 0 Å². The van der Waals surface area contributed by atoms with Gasteiger partial charge in [-0.05, 0) is 30.3 Å². The van der Waals surface area contributed by atoms with E-state index in [9.17, 15) is 4.79 Å². The fraction of sp³-hybridized carbons (Fsp3) is 0. The summed E-state index contributed by atoms with van der Waals surface area (Å²) in [5.41, 5.74) is 6.93. The summed E-state index contributed by atoms with van der Waals surface area (Å²) in [5.74, 6) is -0.316. The Hall–Kier alpha value is -2.05. The van der Waals surface area contributed by atoms with Crippen LogP contribution in [0.25, 0.3) is 0 Å². The number of hydrogen-bond donors (Lipinski definition) is 3. The maximum Gasteiger partial charge on any atom is 0.255 e. The van der Waals surface area contributed by atoms with E-state index < -0.39 is 0 Å². The third kappa shape index (κ3) is 3.74. The molecule has 2 aromatic carbocycles. The third-order valence-corrected chi connectivity index (χ3v) is 3.54. The van der Waals surface area contributed by atoms with Crippen LogP contribution in [0, 0.1) is 0 Å². The minimum Gasteiger partial charge on any atom is -0.409 e. The van der Waals surface area contributed by atoms with E-state index in [1.54, 1.807) is 42.5 Å². The second kappa shape index (κ2) is 6.60. The molecule has 7 heteroatoms. The number of benzene rings is 2. The summed E-state index contributed by atoms with van der Waals surface area (Å²) in [6.45, 7) is 0. The average Bonchev–Trinajstić information content (AvgIpc) is 2.49. The highest BCUT2D eigenvalue weighted by molar-refractivity contribution is 9.10. The third-order valence-electron chi connectivity index (χ3n) is 2.73. The Morgan fingerprint density at radius 2 is 1.81 bits per heavy atom. The van der Waals surface area contributed by atoms with Crippen LogP contribution in [0.4, 0.5) is 5.69 Å². The maximum absolute atomic E-state index is 12.1. The molecule has 1 amide bonds. The molecular formula is C14H11BrClN3O2. The molecule has 0 bridgehead atoms. The average molecular weight is 369 g/mol. The molecule has 0 saturated heterocycles. The van der Waals surface area contributed by atoms with Gasteiger partial charge in [0, 0.05) is 15.6 Å². The fourth-order valence-electron chi connectivity index (χ4n) is 1.64. The summed E-state index contributed by atoms with van der Waals surface area (Å²) in [7, 11) is 0. The smallest absolute Gasteiger partial charge is 0.255 e. The quantitative estimate of drug-likeness (QED) is 0.335. The molecule has 108 valence electrons. The van der Waals surface area contributed by atoms with Crippen LogP contribution in [0.2, 0.25) is 5.02 Å². The van der Waals surface area contributed by atoms with Gasteiger partial charge in [-0.15, -0.1) is 0 Å². The number of amides is 1. The van der Waals surface area contributed by atoms with Crippen molar-refractivity contribution in [1.29, 1.82) is 0 Å². The predicted molar refractivity (Wildman–Crippen MR) is 86.1 cm³/mol. The Kier molecular flexibility index (Phi) is 4.82. The van der Waals surface area contributed by atoms with Crippen molar-refractivity contribution in [3.8, 4) is 0 Å². The number of nitrogens with one attached hydrogen (secondary N) is 1. The number of oxime groups is 1. The van der Waals surface area contributed by atoms with E-state index in [2.05, 4.69) is 26.4 Å². The Labute approximate surface area is 134 Å². The molecule has 0 aliphatic rings. The topological polar surface area (TPSA) is 87.7 Å². The summed E-state index contributed by atoms with van der Waals surface area (Å²) < 4.78 is 0.827. The maximum atomic E-state index is 12.1. The van der Waals surface area contributed by atoms with Crippen LogP contribution in [0.15, 0.2) is 52.1 Å². The Balaban J connectivity index is 2.17. The molecule has 4 N–H and O–H groups in total. The zero-order valence-corrected chi connectivity index (χ0v) is 13.0. The van der Waals surface area contributed by atoms with Crippen LogP contribution < -0.4 is 11.1 Å². The summed E-state index contributed by atoms with van der Waals surface area (Å²) in [5, 5.41) is 14.6. The summed E-state index contributed by atoms with van der Waals surface area (Å²) in [4.78, 5) is 12.1. The van der Waals surface area contributed by atoms with E-state index in [-0.39, 0.29) is 11.7 Å². The zero-order chi connectivity index (χ0) is 15.4. The van der Waals surface area contributed by atoms with Crippen molar-refractivity contribution in [2.75, 3.05) is 5.32 Å². The van der Waals surface area contributed by atoms with Crippen molar-refractivity contribution < 1.29 is 10.0 Å². The molecule has 0 aliphatic carbocycles. The highest BCUT2D eigenvalue weighted by atomic mass is 79.9. The minimum absolute atomic E-state index is 0.0158. The van der Waals surface area contributed by atoms with Crippen molar-refractivity contribution in [2.24, 2.45) is 10.9 Å². The zero-order valence-electron chi connectivity index (χ0n) is 10.7. The first-order valence-electron chi connectivity index (χ1n) is 5.85. The molecule has 0 atom stereocenters. The van der Waals surface area contributed by atoms with Gasteiger partial charge in [-0.2, -0.15) is 0 Å². The van der Waals surface area contributed by atoms with E-state index in [4.69, 9.17) is 22.5 Å². The van der Waals surface area contributed by atoms with Crippen LogP contribution in [-0.4, -0.2) is 17.0 Å². The number of hydrogen-bond acceptors (Lipinski definition) is 3. The monoisotopic (exact) mass is 367 g/mol. The van der Waals surface area contributed by atoms with Crippen molar-refractivity contribution >= 4 is 45.0 Å². The molecule has 21 heavy (non-hydrogen) atoms. The van der Waals surface area contributed by atoms with Crippen molar-refractivity contribution in [3.05, 3.63) is 63.1 Å². The molecule has 0 fully saturated rings. The molecule has 0 aromatic heterocycles. The first-order valence-corrected chi connectivity index (χ1v) is 7.02. The van der Waals surface area contributed by atoms with Crippen LogP contribution in [0.3, 0.4) is 0 Å². The number of amidine groups is 1. The van der Waals surface area contributed by atoms with Gasteiger partial charge >= 0.3 is 0 Å². The number of nitrogens with two attached hydrogens (primary N) is 1.